The third-order valence-electron chi connectivity index (χ3n) is 0.688. The molecule has 0 unspecified atom stereocenters. The molecule has 0 radical (unpaired) electrons. The monoisotopic (exact) mass is 134 g/mol. The third-order valence-corrected chi connectivity index (χ3v) is 0.842. The van der Waals surface area contributed by atoms with Crippen LogP contribution in [0, 0.1) is 0 Å². The largest absolute Gasteiger partial charge is 0.380 e. The first-order valence-electron chi connectivity index (χ1n) is 2.66. The van der Waals surface area contributed by atoms with Crippen molar-refractivity contribution in [2.45, 2.75) is 6.42 Å². The second-order valence-electron chi connectivity index (χ2n) is 1.38. The second kappa shape index (κ2) is 6.99. The lowest BCUT2D eigenvalue weighted by molar-refractivity contribution is 0.154. The fourth-order valence-electron chi connectivity index (χ4n) is 0.323. The normalized spacial score (nSPS) is 9.12. The number of ether oxygens (including phenoxy) is 1. The first kappa shape index (κ1) is 7.99. The quantitative estimate of drug-likeness (QED) is 0.317. The Morgan fingerprint density at radius 3 is 2.75 bits per heavy atom. The van der Waals surface area contributed by atoms with Gasteiger partial charge in [-0.2, -0.15) is 0 Å². The molecule has 0 aliphatic carbocycles. The molecule has 0 N–H and O–H groups in total. The zero-order chi connectivity index (χ0) is 6.24. The fourth-order valence-corrected chi connectivity index (χ4v) is 0.432. The van der Waals surface area contributed by atoms with Gasteiger partial charge in [0.25, 0.3) is 0 Å². The van der Waals surface area contributed by atoms with Crippen molar-refractivity contribution in [1.82, 2.24) is 0 Å². The maximum Gasteiger partial charge on any atom is 0.0601 e. The highest BCUT2D eigenvalue weighted by Gasteiger charge is 1.80. The van der Waals surface area contributed by atoms with Crippen LogP contribution in [0.2, 0.25) is 0 Å². The van der Waals surface area contributed by atoms with Crippen LogP contribution in [-0.4, -0.2) is 19.1 Å². The Balaban J connectivity index is 2.62. The van der Waals surface area contributed by atoms with E-state index in [1.807, 2.05) is 6.08 Å². The van der Waals surface area contributed by atoms with Crippen LogP contribution < -0.4 is 0 Å². The van der Waals surface area contributed by atoms with Crippen molar-refractivity contribution in [3.63, 3.8) is 0 Å². The summed E-state index contributed by atoms with van der Waals surface area (Å²) in [6.07, 6.45) is 2.74. The van der Waals surface area contributed by atoms with Gasteiger partial charge in [0.2, 0.25) is 0 Å². The van der Waals surface area contributed by atoms with E-state index in [1.54, 1.807) is 0 Å². The SMILES string of the molecule is C=CCCOCCCl. The smallest absolute Gasteiger partial charge is 0.0601 e. The molecule has 0 aromatic carbocycles. The predicted octanol–water partition coefficient (Wildman–Crippen LogP) is 1.82. The van der Waals surface area contributed by atoms with Crippen molar-refractivity contribution in [1.29, 1.82) is 0 Å². The summed E-state index contributed by atoms with van der Waals surface area (Å²) in [5.41, 5.74) is 0. The summed E-state index contributed by atoms with van der Waals surface area (Å²) in [6.45, 7) is 4.94. The van der Waals surface area contributed by atoms with Crippen LogP contribution in [-0.2, 0) is 4.74 Å². The van der Waals surface area contributed by atoms with E-state index in [0.717, 1.165) is 13.0 Å². The van der Waals surface area contributed by atoms with Crippen LogP contribution in [0.25, 0.3) is 0 Å². The molecule has 2 heteroatoms. The Labute approximate surface area is 55.3 Å². The number of halogens is 1. The van der Waals surface area contributed by atoms with E-state index in [9.17, 15) is 0 Å². The molecule has 0 heterocycles. The lowest BCUT2D eigenvalue weighted by Crippen LogP contribution is -1.95. The summed E-state index contributed by atoms with van der Waals surface area (Å²) in [7, 11) is 0. The topological polar surface area (TPSA) is 9.23 Å². The van der Waals surface area contributed by atoms with Crippen molar-refractivity contribution in [3.8, 4) is 0 Å². The van der Waals surface area contributed by atoms with Gasteiger partial charge in [0.15, 0.2) is 0 Å². The number of hydrogen-bond donors (Lipinski definition) is 0. The van der Waals surface area contributed by atoms with Crippen molar-refractivity contribution in [2.24, 2.45) is 0 Å². The molecule has 0 saturated carbocycles. The molecule has 0 aliphatic heterocycles. The fraction of sp³-hybridized carbons (Fsp3) is 0.667. The molecule has 0 amide bonds. The average molecular weight is 135 g/mol. The molecule has 0 aliphatic rings. The van der Waals surface area contributed by atoms with Gasteiger partial charge < -0.3 is 4.74 Å². The standard InChI is InChI=1S/C6H11ClO/c1-2-3-5-8-6-4-7/h2H,1,3-6H2. The number of alkyl halides is 1. The highest BCUT2D eigenvalue weighted by atomic mass is 35.5. The van der Waals surface area contributed by atoms with Crippen LogP contribution in [0.1, 0.15) is 6.42 Å². The molecule has 0 atom stereocenters. The minimum Gasteiger partial charge on any atom is -0.380 e. The van der Waals surface area contributed by atoms with E-state index >= 15 is 0 Å². The van der Waals surface area contributed by atoms with E-state index in [-0.39, 0.29) is 0 Å². The molecule has 0 aromatic rings. The minimum absolute atomic E-state index is 0.580. The third kappa shape index (κ3) is 5.99. The molecule has 0 bridgehead atoms. The summed E-state index contributed by atoms with van der Waals surface area (Å²) >= 11 is 5.33. The first-order valence-corrected chi connectivity index (χ1v) is 3.20. The van der Waals surface area contributed by atoms with E-state index in [0.29, 0.717) is 12.5 Å². The molecular weight excluding hydrogens is 124 g/mol. The van der Waals surface area contributed by atoms with Gasteiger partial charge in [0.05, 0.1) is 13.2 Å². The maximum atomic E-state index is 5.33. The van der Waals surface area contributed by atoms with Crippen LogP contribution in [0.15, 0.2) is 12.7 Å². The van der Waals surface area contributed by atoms with E-state index in [1.165, 1.54) is 0 Å². The first-order chi connectivity index (χ1) is 3.91. The average Bonchev–Trinajstić information content (AvgIpc) is 1.81. The number of rotatable bonds is 5. The van der Waals surface area contributed by atoms with Crippen molar-refractivity contribution >= 4 is 11.6 Å². The molecule has 0 spiro atoms. The lowest BCUT2D eigenvalue weighted by Gasteiger charge is -1.95. The van der Waals surface area contributed by atoms with Gasteiger partial charge in [-0.05, 0) is 6.42 Å². The van der Waals surface area contributed by atoms with E-state index < -0.39 is 0 Å². The van der Waals surface area contributed by atoms with Crippen LogP contribution in [0.5, 0.6) is 0 Å². The summed E-state index contributed by atoms with van der Waals surface area (Å²) < 4.78 is 5.02. The van der Waals surface area contributed by atoms with Gasteiger partial charge >= 0.3 is 0 Å². The van der Waals surface area contributed by atoms with Crippen molar-refractivity contribution in [2.75, 3.05) is 19.1 Å². The van der Waals surface area contributed by atoms with Gasteiger partial charge in [-0.3, -0.25) is 0 Å². The lowest BCUT2D eigenvalue weighted by atomic mass is 10.5. The van der Waals surface area contributed by atoms with Crippen LogP contribution in [0.4, 0.5) is 0 Å². The van der Waals surface area contributed by atoms with Gasteiger partial charge in [-0.1, -0.05) is 6.08 Å². The van der Waals surface area contributed by atoms with Gasteiger partial charge in [0, 0.05) is 5.88 Å². The Hall–Kier alpha value is -0.0100. The molecule has 48 valence electrons. The van der Waals surface area contributed by atoms with Gasteiger partial charge in [-0.25, -0.2) is 0 Å². The minimum atomic E-state index is 0.580. The molecule has 8 heavy (non-hydrogen) atoms. The van der Waals surface area contributed by atoms with Crippen LogP contribution >= 0.6 is 11.6 Å². The maximum absolute atomic E-state index is 5.33. The van der Waals surface area contributed by atoms with Crippen LogP contribution in [0.3, 0.4) is 0 Å². The van der Waals surface area contributed by atoms with Crippen molar-refractivity contribution < 1.29 is 4.74 Å². The predicted molar refractivity (Wildman–Crippen MR) is 36.4 cm³/mol. The Bertz CT molecular complexity index is 54.5. The van der Waals surface area contributed by atoms with Crippen molar-refractivity contribution in [3.05, 3.63) is 12.7 Å². The second-order valence-corrected chi connectivity index (χ2v) is 1.76. The number of hydrogen-bond acceptors (Lipinski definition) is 1. The van der Waals surface area contributed by atoms with Gasteiger partial charge in [0.1, 0.15) is 0 Å². The molecular formula is C6H11ClO. The van der Waals surface area contributed by atoms with E-state index in [4.69, 9.17) is 16.3 Å². The summed E-state index contributed by atoms with van der Waals surface area (Å²) in [5, 5.41) is 0. The Morgan fingerprint density at radius 2 is 2.25 bits per heavy atom. The summed E-state index contributed by atoms with van der Waals surface area (Å²) in [5.74, 6) is 0.580. The highest BCUT2D eigenvalue weighted by Crippen LogP contribution is 1.83. The molecule has 0 saturated heterocycles. The summed E-state index contributed by atoms with van der Waals surface area (Å²) in [6, 6.07) is 0. The molecule has 0 rings (SSSR count). The van der Waals surface area contributed by atoms with E-state index in [2.05, 4.69) is 6.58 Å². The van der Waals surface area contributed by atoms with Gasteiger partial charge in [-0.15, -0.1) is 18.2 Å². The molecule has 0 fully saturated rings. The Kier molecular flexibility index (Phi) is 6.98. The zero-order valence-electron chi connectivity index (χ0n) is 4.90. The highest BCUT2D eigenvalue weighted by molar-refractivity contribution is 6.17. The summed E-state index contributed by atoms with van der Waals surface area (Å²) in [4.78, 5) is 0. The molecule has 0 aromatic heterocycles. The molecule has 1 nitrogen and oxygen atoms in total. The Morgan fingerprint density at radius 1 is 1.50 bits per heavy atom. The zero-order valence-corrected chi connectivity index (χ0v) is 5.66.